The van der Waals surface area contributed by atoms with Gasteiger partial charge in [0.2, 0.25) is 5.82 Å². The molecular weight excluding hydrogens is 285 g/mol. The van der Waals surface area contributed by atoms with E-state index in [1.54, 1.807) is 0 Å². The van der Waals surface area contributed by atoms with E-state index in [2.05, 4.69) is 15.1 Å². The van der Waals surface area contributed by atoms with E-state index in [9.17, 15) is 4.39 Å². The Balaban J connectivity index is 2.03. The number of hydrogen-bond acceptors (Lipinski definition) is 6. The van der Waals surface area contributed by atoms with Crippen LogP contribution in [0.2, 0.25) is 0 Å². The predicted molar refractivity (Wildman–Crippen MR) is 72.4 cm³/mol. The Morgan fingerprint density at radius 2 is 1.77 bits per heavy atom. The molecule has 0 amide bonds. The van der Waals surface area contributed by atoms with Gasteiger partial charge in [-0.25, -0.2) is 9.37 Å². The number of aromatic nitrogens is 3. The molecule has 22 heavy (non-hydrogen) atoms. The van der Waals surface area contributed by atoms with Gasteiger partial charge in [-0.15, -0.1) is 0 Å². The van der Waals surface area contributed by atoms with Crippen LogP contribution in [0, 0.1) is 28.5 Å². The van der Waals surface area contributed by atoms with Gasteiger partial charge in [-0.05, 0) is 30.3 Å². The summed E-state index contributed by atoms with van der Waals surface area (Å²) in [5, 5.41) is 21.7. The fourth-order valence-corrected chi connectivity index (χ4v) is 1.83. The molecule has 3 rings (SSSR count). The number of halogens is 1. The van der Waals surface area contributed by atoms with E-state index in [1.807, 2.05) is 12.1 Å². The summed E-state index contributed by atoms with van der Waals surface area (Å²) >= 11 is 0. The first-order chi connectivity index (χ1) is 10.7. The van der Waals surface area contributed by atoms with Gasteiger partial charge in [0.1, 0.15) is 11.5 Å². The summed E-state index contributed by atoms with van der Waals surface area (Å²) < 4.78 is 18.0. The standard InChI is InChI=1S/C15H6FN5O/c16-12-1-2-13(19-8-12)14-20-15(22-21-14)11-4-9(6-17)3-10(5-11)7-18/h1-5,8H. The summed E-state index contributed by atoms with van der Waals surface area (Å²) in [4.78, 5) is 8.01. The molecule has 2 heterocycles. The summed E-state index contributed by atoms with van der Waals surface area (Å²) in [6, 6.07) is 11.1. The summed E-state index contributed by atoms with van der Waals surface area (Å²) in [5.74, 6) is -0.126. The third kappa shape index (κ3) is 2.51. The van der Waals surface area contributed by atoms with Crippen LogP contribution in [0.25, 0.3) is 23.0 Å². The molecule has 3 aromatic rings. The van der Waals surface area contributed by atoms with Gasteiger partial charge in [0.05, 0.1) is 29.5 Å². The van der Waals surface area contributed by atoms with E-state index in [4.69, 9.17) is 15.0 Å². The van der Waals surface area contributed by atoms with Crippen molar-refractivity contribution in [1.82, 2.24) is 15.1 Å². The largest absolute Gasteiger partial charge is 0.334 e. The topological polar surface area (TPSA) is 99.4 Å². The average molecular weight is 291 g/mol. The molecule has 0 unspecified atom stereocenters. The van der Waals surface area contributed by atoms with Crippen molar-refractivity contribution in [2.45, 2.75) is 0 Å². The second-order valence-electron chi connectivity index (χ2n) is 4.31. The lowest BCUT2D eigenvalue weighted by Gasteiger charge is -1.96. The van der Waals surface area contributed by atoms with Crippen LogP contribution < -0.4 is 0 Å². The van der Waals surface area contributed by atoms with Crippen LogP contribution >= 0.6 is 0 Å². The molecule has 0 radical (unpaired) electrons. The number of hydrogen-bond donors (Lipinski definition) is 0. The van der Waals surface area contributed by atoms with Crippen LogP contribution in [0.1, 0.15) is 11.1 Å². The highest BCUT2D eigenvalue weighted by molar-refractivity contribution is 5.62. The predicted octanol–water partition coefficient (Wildman–Crippen LogP) is 2.68. The SMILES string of the molecule is N#Cc1cc(C#N)cc(-c2nc(-c3ccc(F)cn3)no2)c1. The van der Waals surface area contributed by atoms with Crippen LogP contribution in [0.5, 0.6) is 0 Å². The molecule has 6 nitrogen and oxygen atoms in total. The lowest BCUT2D eigenvalue weighted by molar-refractivity contribution is 0.432. The lowest BCUT2D eigenvalue weighted by Crippen LogP contribution is -1.87. The highest BCUT2D eigenvalue weighted by atomic mass is 19.1. The molecule has 0 saturated heterocycles. The van der Waals surface area contributed by atoms with E-state index < -0.39 is 5.82 Å². The molecule has 0 aliphatic heterocycles. The van der Waals surface area contributed by atoms with Crippen molar-refractivity contribution < 1.29 is 8.91 Å². The fraction of sp³-hybridized carbons (Fsp3) is 0. The number of nitriles is 2. The molecule has 0 fully saturated rings. The zero-order valence-electron chi connectivity index (χ0n) is 11.0. The Hall–Kier alpha value is -3.58. The van der Waals surface area contributed by atoms with Crippen LogP contribution in [-0.4, -0.2) is 15.1 Å². The van der Waals surface area contributed by atoms with Crippen LogP contribution in [0.4, 0.5) is 4.39 Å². The van der Waals surface area contributed by atoms with Crippen LogP contribution in [-0.2, 0) is 0 Å². The zero-order chi connectivity index (χ0) is 15.5. The summed E-state index contributed by atoms with van der Waals surface area (Å²) in [6.07, 6.45) is 1.05. The van der Waals surface area contributed by atoms with Gasteiger partial charge in [0.15, 0.2) is 0 Å². The molecule has 0 saturated carbocycles. The Kier molecular flexibility index (Phi) is 3.31. The maximum absolute atomic E-state index is 12.9. The van der Waals surface area contributed by atoms with Crippen molar-refractivity contribution >= 4 is 0 Å². The Labute approximate surface area is 124 Å². The molecule has 0 spiro atoms. The molecule has 1 aromatic carbocycles. The molecule has 0 N–H and O–H groups in total. The highest BCUT2D eigenvalue weighted by Gasteiger charge is 2.13. The van der Waals surface area contributed by atoms with E-state index in [-0.39, 0.29) is 11.7 Å². The number of pyridine rings is 1. The third-order valence-corrected chi connectivity index (χ3v) is 2.82. The smallest absolute Gasteiger partial charge is 0.258 e. The second kappa shape index (κ2) is 5.43. The monoisotopic (exact) mass is 291 g/mol. The normalized spacial score (nSPS) is 9.95. The van der Waals surface area contributed by atoms with Crippen LogP contribution in [0.15, 0.2) is 41.1 Å². The van der Waals surface area contributed by atoms with Crippen molar-refractivity contribution in [3.8, 4) is 35.1 Å². The Morgan fingerprint density at radius 3 is 2.36 bits per heavy atom. The lowest BCUT2D eigenvalue weighted by atomic mass is 10.1. The quantitative estimate of drug-likeness (QED) is 0.719. The zero-order valence-corrected chi connectivity index (χ0v) is 11.0. The van der Waals surface area contributed by atoms with Crippen LogP contribution in [0.3, 0.4) is 0 Å². The molecular formula is C15H6FN5O. The van der Waals surface area contributed by atoms with E-state index in [0.717, 1.165) is 6.20 Å². The van der Waals surface area contributed by atoms with Gasteiger partial charge >= 0.3 is 0 Å². The first-order valence-electron chi connectivity index (χ1n) is 6.11. The van der Waals surface area contributed by atoms with Gasteiger partial charge in [-0.2, -0.15) is 15.5 Å². The molecule has 0 aliphatic rings. The highest BCUT2D eigenvalue weighted by Crippen LogP contribution is 2.23. The van der Waals surface area contributed by atoms with Crippen molar-refractivity contribution in [2.75, 3.05) is 0 Å². The van der Waals surface area contributed by atoms with Crippen molar-refractivity contribution in [1.29, 1.82) is 10.5 Å². The van der Waals surface area contributed by atoms with E-state index in [0.29, 0.717) is 22.4 Å². The van der Waals surface area contributed by atoms with E-state index in [1.165, 1.54) is 30.3 Å². The Bertz CT molecular complexity index is 886. The van der Waals surface area contributed by atoms with Gasteiger partial charge in [-0.3, -0.25) is 0 Å². The first kappa shape index (κ1) is 13.4. The number of nitrogens with zero attached hydrogens (tertiary/aromatic N) is 5. The van der Waals surface area contributed by atoms with Crippen molar-refractivity contribution in [3.05, 3.63) is 53.5 Å². The van der Waals surface area contributed by atoms with Gasteiger partial charge in [-0.1, -0.05) is 5.16 Å². The fourth-order valence-electron chi connectivity index (χ4n) is 1.83. The molecule has 7 heteroatoms. The minimum atomic E-state index is -0.465. The minimum absolute atomic E-state index is 0.148. The number of rotatable bonds is 2. The van der Waals surface area contributed by atoms with Gasteiger partial charge < -0.3 is 4.52 Å². The number of benzene rings is 1. The minimum Gasteiger partial charge on any atom is -0.334 e. The molecule has 0 bridgehead atoms. The summed E-state index contributed by atoms with van der Waals surface area (Å²) in [5.41, 5.74) is 1.44. The maximum atomic E-state index is 12.9. The molecule has 104 valence electrons. The van der Waals surface area contributed by atoms with Crippen molar-refractivity contribution in [3.63, 3.8) is 0 Å². The molecule has 0 atom stereocenters. The third-order valence-electron chi connectivity index (χ3n) is 2.82. The molecule has 0 aliphatic carbocycles. The van der Waals surface area contributed by atoms with Gasteiger partial charge in [0, 0.05) is 5.56 Å². The summed E-state index contributed by atoms with van der Waals surface area (Å²) in [7, 11) is 0. The van der Waals surface area contributed by atoms with E-state index >= 15 is 0 Å². The van der Waals surface area contributed by atoms with Gasteiger partial charge in [0.25, 0.3) is 5.89 Å². The average Bonchev–Trinajstić information content (AvgIpc) is 3.05. The Morgan fingerprint density at radius 1 is 1.05 bits per heavy atom. The summed E-state index contributed by atoms with van der Waals surface area (Å²) in [6.45, 7) is 0. The first-order valence-corrected chi connectivity index (χ1v) is 6.11. The molecule has 2 aromatic heterocycles. The second-order valence-corrected chi connectivity index (χ2v) is 4.31. The maximum Gasteiger partial charge on any atom is 0.258 e. The van der Waals surface area contributed by atoms with Crippen molar-refractivity contribution in [2.24, 2.45) is 0 Å².